The Morgan fingerprint density at radius 2 is 1.84 bits per heavy atom. The van der Waals surface area contributed by atoms with E-state index >= 15 is 0 Å². The summed E-state index contributed by atoms with van der Waals surface area (Å²) < 4.78 is 0. The summed E-state index contributed by atoms with van der Waals surface area (Å²) >= 11 is 0. The highest BCUT2D eigenvalue weighted by Gasteiger charge is 2.05. The Bertz CT molecular complexity index is 418. The van der Waals surface area contributed by atoms with E-state index in [0.29, 0.717) is 30.8 Å². The van der Waals surface area contributed by atoms with Gasteiger partial charge in [-0.05, 0) is 37.6 Å². The Labute approximate surface area is 112 Å². The molecule has 1 rings (SSSR count). The van der Waals surface area contributed by atoms with Crippen LogP contribution in [-0.4, -0.2) is 36.7 Å². The minimum absolute atomic E-state index is 0.0432. The highest BCUT2D eigenvalue weighted by atomic mass is 16.3. The van der Waals surface area contributed by atoms with Gasteiger partial charge in [0.05, 0.1) is 0 Å². The summed E-state index contributed by atoms with van der Waals surface area (Å²) in [5.41, 5.74) is 1.16. The van der Waals surface area contributed by atoms with Gasteiger partial charge in [0.2, 0.25) is 0 Å². The molecule has 0 fully saturated rings. The van der Waals surface area contributed by atoms with Gasteiger partial charge in [-0.25, -0.2) is 4.79 Å². The molecular formula is C13H19N3O3. The second kappa shape index (κ2) is 8.10. The highest BCUT2D eigenvalue weighted by Crippen LogP contribution is 2.09. The zero-order chi connectivity index (χ0) is 14.1. The van der Waals surface area contributed by atoms with Gasteiger partial charge in [0.1, 0.15) is 0 Å². The van der Waals surface area contributed by atoms with Crippen LogP contribution in [0.1, 0.15) is 23.7 Å². The van der Waals surface area contributed by atoms with Gasteiger partial charge < -0.3 is 21.1 Å². The molecule has 4 N–H and O–H groups in total. The van der Waals surface area contributed by atoms with Crippen molar-refractivity contribution in [3.8, 4) is 0 Å². The predicted molar refractivity (Wildman–Crippen MR) is 73.2 cm³/mol. The van der Waals surface area contributed by atoms with E-state index in [1.165, 1.54) is 0 Å². The number of hydrogen-bond donors (Lipinski definition) is 4. The minimum atomic E-state index is -0.334. The fourth-order valence-electron chi connectivity index (χ4n) is 1.42. The van der Waals surface area contributed by atoms with E-state index in [2.05, 4.69) is 16.0 Å². The van der Waals surface area contributed by atoms with Gasteiger partial charge in [-0.2, -0.15) is 0 Å². The van der Waals surface area contributed by atoms with E-state index < -0.39 is 0 Å². The van der Waals surface area contributed by atoms with E-state index in [9.17, 15) is 9.59 Å². The maximum absolute atomic E-state index is 11.5. The first-order valence-electron chi connectivity index (χ1n) is 6.21. The van der Waals surface area contributed by atoms with Crippen LogP contribution in [0.25, 0.3) is 0 Å². The van der Waals surface area contributed by atoms with Crippen molar-refractivity contribution in [1.82, 2.24) is 10.6 Å². The standard InChI is InChI=1S/C13H19N3O3/c1-2-14-12(18)10-4-6-11(7-5-10)16-13(19)15-8-3-9-17/h4-7,17H,2-3,8-9H2,1H3,(H,14,18)(H2,15,16,19). The van der Waals surface area contributed by atoms with E-state index in [-0.39, 0.29) is 18.5 Å². The van der Waals surface area contributed by atoms with Crippen molar-refractivity contribution in [3.05, 3.63) is 29.8 Å². The number of benzene rings is 1. The average Bonchev–Trinajstić information content (AvgIpc) is 2.40. The maximum Gasteiger partial charge on any atom is 0.319 e. The third-order valence-electron chi connectivity index (χ3n) is 2.36. The van der Waals surface area contributed by atoms with Crippen LogP contribution >= 0.6 is 0 Å². The SMILES string of the molecule is CCNC(=O)c1ccc(NC(=O)NCCCO)cc1. The summed E-state index contributed by atoms with van der Waals surface area (Å²) in [5, 5.41) is 16.5. The van der Waals surface area contributed by atoms with Crippen molar-refractivity contribution in [2.24, 2.45) is 0 Å². The number of aliphatic hydroxyl groups excluding tert-OH is 1. The van der Waals surface area contributed by atoms with Crippen LogP contribution in [0, 0.1) is 0 Å². The van der Waals surface area contributed by atoms with Gasteiger partial charge in [-0.15, -0.1) is 0 Å². The first-order chi connectivity index (χ1) is 9.17. The van der Waals surface area contributed by atoms with Gasteiger partial charge in [0.15, 0.2) is 0 Å². The van der Waals surface area contributed by atoms with Crippen LogP contribution in [0.4, 0.5) is 10.5 Å². The van der Waals surface area contributed by atoms with Crippen LogP contribution in [-0.2, 0) is 0 Å². The lowest BCUT2D eigenvalue weighted by Gasteiger charge is -2.08. The lowest BCUT2D eigenvalue weighted by molar-refractivity contribution is 0.0956. The number of urea groups is 1. The topological polar surface area (TPSA) is 90.5 Å². The van der Waals surface area contributed by atoms with Crippen LogP contribution < -0.4 is 16.0 Å². The summed E-state index contributed by atoms with van der Waals surface area (Å²) in [6, 6.07) is 6.29. The number of anilines is 1. The largest absolute Gasteiger partial charge is 0.396 e. The number of hydrogen-bond acceptors (Lipinski definition) is 3. The zero-order valence-corrected chi connectivity index (χ0v) is 10.9. The predicted octanol–water partition coefficient (Wildman–Crippen LogP) is 0.940. The molecule has 1 aromatic rings. The first-order valence-corrected chi connectivity index (χ1v) is 6.21. The maximum atomic E-state index is 11.5. The molecule has 0 unspecified atom stereocenters. The molecule has 1 aromatic carbocycles. The van der Waals surface area contributed by atoms with Crippen LogP contribution in [0.3, 0.4) is 0 Å². The molecule has 0 bridgehead atoms. The third kappa shape index (κ3) is 5.39. The van der Waals surface area contributed by atoms with Crippen molar-refractivity contribution in [3.63, 3.8) is 0 Å². The van der Waals surface area contributed by atoms with E-state index in [4.69, 9.17) is 5.11 Å². The van der Waals surface area contributed by atoms with Crippen molar-refractivity contribution < 1.29 is 14.7 Å². The van der Waals surface area contributed by atoms with E-state index in [1.54, 1.807) is 24.3 Å². The molecule has 0 atom stereocenters. The monoisotopic (exact) mass is 265 g/mol. The van der Waals surface area contributed by atoms with Crippen molar-refractivity contribution in [2.45, 2.75) is 13.3 Å². The summed E-state index contributed by atoms with van der Waals surface area (Å²) in [6.07, 6.45) is 0.517. The van der Waals surface area contributed by atoms with E-state index in [0.717, 1.165) is 0 Å². The number of amides is 3. The number of rotatable bonds is 6. The quantitative estimate of drug-likeness (QED) is 0.577. The first kappa shape index (κ1) is 15.0. The minimum Gasteiger partial charge on any atom is -0.396 e. The molecule has 104 valence electrons. The molecule has 0 radical (unpaired) electrons. The van der Waals surface area contributed by atoms with Crippen molar-refractivity contribution in [2.75, 3.05) is 25.0 Å². The molecule has 0 aliphatic carbocycles. The van der Waals surface area contributed by atoms with Gasteiger partial charge in [-0.1, -0.05) is 0 Å². The fraction of sp³-hybridized carbons (Fsp3) is 0.385. The Morgan fingerprint density at radius 1 is 1.16 bits per heavy atom. The lowest BCUT2D eigenvalue weighted by Crippen LogP contribution is -2.30. The molecule has 0 saturated carbocycles. The smallest absolute Gasteiger partial charge is 0.319 e. The highest BCUT2D eigenvalue weighted by molar-refractivity contribution is 5.95. The second-order valence-electron chi connectivity index (χ2n) is 3.89. The number of carbonyl (C=O) groups excluding carboxylic acids is 2. The van der Waals surface area contributed by atoms with Crippen LogP contribution in [0.15, 0.2) is 24.3 Å². The Kier molecular flexibility index (Phi) is 6.38. The van der Waals surface area contributed by atoms with Gasteiger partial charge in [-0.3, -0.25) is 4.79 Å². The molecule has 3 amide bonds. The molecule has 0 aromatic heterocycles. The summed E-state index contributed by atoms with van der Waals surface area (Å²) in [4.78, 5) is 22.9. The van der Waals surface area contributed by atoms with Crippen LogP contribution in [0.5, 0.6) is 0 Å². The fourth-order valence-corrected chi connectivity index (χ4v) is 1.42. The lowest BCUT2D eigenvalue weighted by atomic mass is 10.2. The number of nitrogens with one attached hydrogen (secondary N) is 3. The van der Waals surface area contributed by atoms with Crippen LogP contribution in [0.2, 0.25) is 0 Å². The summed E-state index contributed by atoms with van der Waals surface area (Å²) in [5.74, 6) is -0.138. The Morgan fingerprint density at radius 3 is 2.42 bits per heavy atom. The van der Waals surface area contributed by atoms with Gasteiger partial charge in [0, 0.05) is 30.9 Å². The van der Waals surface area contributed by atoms with Crippen molar-refractivity contribution in [1.29, 1.82) is 0 Å². The van der Waals surface area contributed by atoms with Gasteiger partial charge in [0.25, 0.3) is 5.91 Å². The Hall–Kier alpha value is -2.08. The number of aliphatic hydroxyl groups is 1. The number of carbonyl (C=O) groups is 2. The molecule has 19 heavy (non-hydrogen) atoms. The Balaban J connectivity index is 2.47. The molecule has 0 aliphatic rings. The molecular weight excluding hydrogens is 246 g/mol. The van der Waals surface area contributed by atoms with E-state index in [1.807, 2.05) is 6.92 Å². The second-order valence-corrected chi connectivity index (χ2v) is 3.89. The molecule has 6 heteroatoms. The van der Waals surface area contributed by atoms with Gasteiger partial charge >= 0.3 is 6.03 Å². The molecule has 0 saturated heterocycles. The summed E-state index contributed by atoms with van der Waals surface area (Å²) in [6.45, 7) is 2.89. The average molecular weight is 265 g/mol. The third-order valence-corrected chi connectivity index (χ3v) is 2.36. The molecule has 0 heterocycles. The zero-order valence-electron chi connectivity index (χ0n) is 10.9. The molecule has 6 nitrogen and oxygen atoms in total. The molecule has 0 spiro atoms. The van der Waals surface area contributed by atoms with Crippen molar-refractivity contribution >= 4 is 17.6 Å². The molecule has 0 aliphatic heterocycles. The normalized spacial score (nSPS) is 9.79. The summed E-state index contributed by atoms with van der Waals surface area (Å²) in [7, 11) is 0.